The van der Waals surface area contributed by atoms with Crippen molar-refractivity contribution in [3.05, 3.63) is 48.0 Å². The molecule has 2 fully saturated rings. The summed E-state index contributed by atoms with van der Waals surface area (Å²) in [5, 5.41) is 0. The number of anilines is 1. The summed E-state index contributed by atoms with van der Waals surface area (Å²) in [6, 6.07) is -0.250. The van der Waals surface area contributed by atoms with E-state index in [9.17, 15) is 14.3 Å². The predicted octanol–water partition coefficient (Wildman–Crippen LogP) is 2.17. The highest BCUT2D eigenvalue weighted by Crippen LogP contribution is 2.59. The van der Waals surface area contributed by atoms with Gasteiger partial charge in [0.2, 0.25) is 0 Å². The first-order valence-corrected chi connectivity index (χ1v) is 18.4. The van der Waals surface area contributed by atoms with Gasteiger partial charge in [-0.1, -0.05) is 12.2 Å². The summed E-state index contributed by atoms with van der Waals surface area (Å²) in [5.74, 6) is -0.497. The fourth-order valence-corrected chi connectivity index (χ4v) is 8.10. The van der Waals surface area contributed by atoms with Crippen LogP contribution in [0.25, 0.3) is 22.3 Å². The molecule has 2 unspecified atom stereocenters. The Morgan fingerprint density at radius 3 is 2.73 bits per heavy atom. The first-order chi connectivity index (χ1) is 21.0. The molecule has 4 aromatic rings. The highest BCUT2D eigenvalue weighted by molar-refractivity contribution is 8.44. The van der Waals surface area contributed by atoms with Crippen LogP contribution < -0.4 is 11.3 Å². The second-order valence-electron chi connectivity index (χ2n) is 10.3. The number of allylic oxidation sites excluding steroid dienone is 1. The molecule has 0 aromatic carbocycles. The van der Waals surface area contributed by atoms with Gasteiger partial charge in [0.25, 0.3) is 5.56 Å². The maximum Gasteiger partial charge on any atom is 0.386 e. The van der Waals surface area contributed by atoms with E-state index in [0.29, 0.717) is 12.1 Å². The SMILES string of the molecule is Nc1ncnc2c1ncn2[C@@H]1O[C@@H]2COP(O)(=S)O/C=C/[C@@H]3[C@@H](COP(=O)(S)O[C@H]2[C@H]1F)C[C@H]3n1cnc2c(=O)[nH]cnc21. The van der Waals surface area contributed by atoms with Crippen molar-refractivity contribution in [2.45, 2.75) is 37.1 Å². The van der Waals surface area contributed by atoms with Crippen molar-refractivity contribution in [2.75, 3.05) is 18.9 Å². The van der Waals surface area contributed by atoms with E-state index < -0.39 is 44.7 Å². The van der Waals surface area contributed by atoms with Crippen LogP contribution in [0.1, 0.15) is 18.7 Å². The van der Waals surface area contributed by atoms with Crippen LogP contribution in [0.15, 0.2) is 42.4 Å². The lowest BCUT2D eigenvalue weighted by Gasteiger charge is -2.43. The summed E-state index contributed by atoms with van der Waals surface area (Å²) in [7, 11) is 0. The molecule has 0 amide bonds. The van der Waals surface area contributed by atoms with Gasteiger partial charge in [0.05, 0.1) is 38.5 Å². The van der Waals surface area contributed by atoms with Crippen molar-refractivity contribution < 1.29 is 36.7 Å². The average Bonchev–Trinajstić information content (AvgIpc) is 3.66. The van der Waals surface area contributed by atoms with Crippen LogP contribution in [0.5, 0.6) is 0 Å². The summed E-state index contributed by atoms with van der Waals surface area (Å²) in [4.78, 5) is 45.9. The fraction of sp³-hybridized carbons (Fsp3) is 0.455. The number of imidazole rings is 2. The van der Waals surface area contributed by atoms with Crippen molar-refractivity contribution in [1.82, 2.24) is 39.0 Å². The Bertz CT molecular complexity index is 1920. The number of alkyl halides is 1. The first-order valence-electron chi connectivity index (χ1n) is 13.1. The van der Waals surface area contributed by atoms with Crippen LogP contribution in [0.2, 0.25) is 0 Å². The third-order valence-electron chi connectivity index (χ3n) is 7.79. The Balaban J connectivity index is 1.15. The molecule has 22 heteroatoms. The summed E-state index contributed by atoms with van der Waals surface area (Å²) < 4.78 is 60.6. The van der Waals surface area contributed by atoms with Gasteiger partial charge in [-0.2, -0.15) is 0 Å². The number of fused-ring (bicyclic) bond motifs is 4. The first kappa shape index (κ1) is 29.9. The molecule has 9 atom stereocenters. The number of halogens is 1. The summed E-state index contributed by atoms with van der Waals surface area (Å²) >= 11 is 9.28. The van der Waals surface area contributed by atoms with Gasteiger partial charge in [-0.25, -0.2) is 33.9 Å². The molecule has 4 N–H and O–H groups in total. The molecule has 4 aromatic heterocycles. The number of rotatable bonds is 2. The standard InChI is InChI=1S/C22H24FN9O8P2S2/c23-14-17-13(39-22(14)32-9-29-15-18(24)25-6-26-19(15)32)5-38-41(34,43)36-2-1-11-10(4-37-42(35,44)40-17)3-12(11)31-8-30-16-20(31)27-7-28-21(16)33/h1-2,6-14,17,22H,3-5H2,(H,34,43)(H,35,44)(H2,24,25,26)(H,27,28,33)/b2-1+/t10-,11-,12-,13-,14-,17-,22-,41?,42?/m1/s1. The third-order valence-corrected chi connectivity index (χ3v) is 10.8. The molecule has 0 radical (unpaired) electrons. The number of H-pyrrole nitrogens is 1. The molecule has 3 aliphatic rings. The minimum atomic E-state index is -4.18. The minimum absolute atomic E-state index is 0.0856. The van der Waals surface area contributed by atoms with Gasteiger partial charge >= 0.3 is 13.5 Å². The molecular formula is C22H24FN9O8P2S2. The number of aromatic amines is 1. The number of hydrogen-bond donors (Lipinski definition) is 4. The molecule has 1 aliphatic carbocycles. The van der Waals surface area contributed by atoms with E-state index in [0.717, 1.165) is 0 Å². The van der Waals surface area contributed by atoms with E-state index in [1.54, 1.807) is 10.6 Å². The molecule has 6 heterocycles. The molecule has 17 nitrogen and oxygen atoms in total. The number of nitrogens with two attached hydrogens (primary N) is 1. The Hall–Kier alpha value is -2.80. The Morgan fingerprint density at radius 1 is 1.11 bits per heavy atom. The molecule has 7 rings (SSSR count). The quantitative estimate of drug-likeness (QED) is 0.175. The van der Waals surface area contributed by atoms with Crippen LogP contribution in [0, 0.1) is 11.8 Å². The lowest BCUT2D eigenvalue weighted by molar-refractivity contribution is -0.0419. The maximum atomic E-state index is 16.0. The molecule has 2 aliphatic heterocycles. The van der Waals surface area contributed by atoms with E-state index in [-0.39, 0.29) is 52.5 Å². The van der Waals surface area contributed by atoms with Gasteiger partial charge in [-0.05, 0) is 18.4 Å². The molecule has 0 spiro atoms. The highest BCUT2D eigenvalue weighted by Gasteiger charge is 2.51. The van der Waals surface area contributed by atoms with Crippen LogP contribution in [-0.4, -0.2) is 75.5 Å². The topological polar surface area (TPSA) is 217 Å². The monoisotopic (exact) mass is 687 g/mol. The van der Waals surface area contributed by atoms with Gasteiger partial charge in [-0.15, -0.1) is 0 Å². The number of thiol groups is 1. The van der Waals surface area contributed by atoms with Crippen molar-refractivity contribution in [3.63, 3.8) is 0 Å². The summed E-state index contributed by atoms with van der Waals surface area (Å²) in [5.41, 5.74) is 6.45. The van der Waals surface area contributed by atoms with Crippen LogP contribution >= 0.6 is 25.8 Å². The number of nitrogen functional groups attached to an aromatic ring is 1. The average molecular weight is 688 g/mol. The second kappa shape index (κ2) is 11.2. The number of nitrogens with one attached hydrogen (secondary N) is 1. The van der Waals surface area contributed by atoms with Gasteiger partial charge in [0, 0.05) is 23.8 Å². The number of hydrogen-bond acceptors (Lipinski definition) is 14. The zero-order chi connectivity index (χ0) is 30.8. The van der Waals surface area contributed by atoms with Crippen molar-refractivity contribution in [2.24, 2.45) is 11.8 Å². The van der Waals surface area contributed by atoms with Gasteiger partial charge in [0.1, 0.15) is 24.1 Å². The molecule has 234 valence electrons. The molecule has 1 saturated carbocycles. The zero-order valence-corrected chi connectivity index (χ0v) is 25.8. The van der Waals surface area contributed by atoms with Gasteiger partial charge in [-0.3, -0.25) is 18.4 Å². The molecule has 44 heavy (non-hydrogen) atoms. The lowest BCUT2D eigenvalue weighted by atomic mass is 9.69. The van der Waals surface area contributed by atoms with Crippen molar-refractivity contribution >= 4 is 65.7 Å². The van der Waals surface area contributed by atoms with E-state index in [1.807, 2.05) is 0 Å². The maximum absolute atomic E-state index is 16.0. The van der Waals surface area contributed by atoms with E-state index >= 15 is 4.39 Å². The predicted molar refractivity (Wildman–Crippen MR) is 157 cm³/mol. The Labute approximate surface area is 256 Å². The Kier molecular flexibility index (Phi) is 7.62. The normalized spacial score (nSPS) is 37.0. The zero-order valence-electron chi connectivity index (χ0n) is 22.3. The lowest BCUT2D eigenvalue weighted by Crippen LogP contribution is -2.40. The molecule has 0 bridgehead atoms. The van der Waals surface area contributed by atoms with Crippen molar-refractivity contribution in [3.8, 4) is 0 Å². The van der Waals surface area contributed by atoms with Crippen molar-refractivity contribution in [1.29, 1.82) is 0 Å². The van der Waals surface area contributed by atoms with E-state index in [2.05, 4.69) is 42.2 Å². The molecular weight excluding hydrogens is 663 g/mol. The fourth-order valence-electron chi connectivity index (χ4n) is 5.62. The minimum Gasteiger partial charge on any atom is -0.433 e. The highest BCUT2D eigenvalue weighted by atomic mass is 32.7. The van der Waals surface area contributed by atoms with Crippen LogP contribution in [-0.2, 0) is 39.2 Å². The third kappa shape index (κ3) is 5.37. The largest absolute Gasteiger partial charge is 0.433 e. The van der Waals surface area contributed by atoms with Crippen LogP contribution in [0.4, 0.5) is 10.2 Å². The summed E-state index contributed by atoms with van der Waals surface area (Å²) in [6.45, 7) is -8.66. The van der Waals surface area contributed by atoms with Gasteiger partial charge in [0.15, 0.2) is 35.0 Å². The smallest absolute Gasteiger partial charge is 0.386 e. The van der Waals surface area contributed by atoms with Gasteiger partial charge < -0.3 is 34.0 Å². The second-order valence-corrected chi connectivity index (χ2v) is 16.0. The number of nitrogens with zero attached hydrogens (tertiary/aromatic N) is 7. The van der Waals surface area contributed by atoms with E-state index in [1.165, 1.54) is 36.1 Å². The number of aromatic nitrogens is 8. The summed E-state index contributed by atoms with van der Waals surface area (Å²) in [6.07, 6.45) is 2.56. The van der Waals surface area contributed by atoms with Crippen LogP contribution in [0.3, 0.4) is 0 Å². The Morgan fingerprint density at radius 2 is 1.89 bits per heavy atom. The van der Waals surface area contributed by atoms with E-state index in [4.69, 9.17) is 40.4 Å². The molecule has 1 saturated heterocycles. The number of ether oxygens (including phenoxy) is 1.